The number of benzene rings is 1. The topological polar surface area (TPSA) is 58.2 Å². The van der Waals surface area contributed by atoms with Crippen LogP contribution in [-0.4, -0.2) is 40.2 Å². The number of nitrogens with zero attached hydrogens (tertiary/aromatic N) is 2. The number of ether oxygens (including phenoxy) is 1. The molecule has 0 amide bonds. The molecule has 5 nitrogen and oxygen atoms in total. The minimum atomic E-state index is -4.46. The minimum absolute atomic E-state index is 0.0535. The van der Waals surface area contributed by atoms with Crippen molar-refractivity contribution in [2.24, 2.45) is 0 Å². The van der Waals surface area contributed by atoms with Gasteiger partial charge in [-0.05, 0) is 32.0 Å². The molecule has 1 aromatic heterocycles. The van der Waals surface area contributed by atoms with Crippen LogP contribution in [0.3, 0.4) is 0 Å². The number of aromatic amines is 1. The van der Waals surface area contributed by atoms with Gasteiger partial charge in [-0.1, -0.05) is 0 Å². The monoisotopic (exact) mass is 341 g/mol. The number of nitrogens with one attached hydrogen (secondary N) is 1. The summed E-state index contributed by atoms with van der Waals surface area (Å²) in [6, 6.07) is 2.97. The van der Waals surface area contributed by atoms with Gasteiger partial charge in [0.2, 0.25) is 0 Å². The summed E-state index contributed by atoms with van der Waals surface area (Å²) in [5, 5.41) is 0.149. The van der Waals surface area contributed by atoms with Gasteiger partial charge in [-0.2, -0.15) is 13.2 Å². The van der Waals surface area contributed by atoms with E-state index in [1.807, 2.05) is 13.8 Å². The van der Waals surface area contributed by atoms with Crippen molar-refractivity contribution in [3.63, 3.8) is 0 Å². The molecule has 1 aliphatic rings. The highest BCUT2D eigenvalue weighted by atomic mass is 19.4. The third-order valence-corrected chi connectivity index (χ3v) is 3.95. The van der Waals surface area contributed by atoms with E-state index in [-0.39, 0.29) is 23.1 Å². The molecule has 0 saturated carbocycles. The van der Waals surface area contributed by atoms with Crippen molar-refractivity contribution in [2.45, 2.75) is 38.8 Å². The van der Waals surface area contributed by atoms with Crippen LogP contribution >= 0.6 is 0 Å². The van der Waals surface area contributed by atoms with E-state index in [0.717, 1.165) is 18.2 Å². The molecule has 24 heavy (non-hydrogen) atoms. The fraction of sp³-hybridized carbons (Fsp3) is 0.500. The highest BCUT2D eigenvalue weighted by molar-refractivity contribution is 5.78. The lowest BCUT2D eigenvalue weighted by Crippen LogP contribution is -2.45. The summed E-state index contributed by atoms with van der Waals surface area (Å²) >= 11 is 0. The Bertz CT molecular complexity index is 793. The van der Waals surface area contributed by atoms with Crippen molar-refractivity contribution in [1.29, 1.82) is 0 Å². The highest BCUT2D eigenvalue weighted by Crippen LogP contribution is 2.30. The first-order chi connectivity index (χ1) is 11.2. The molecule has 1 aromatic carbocycles. The molecular formula is C16H18F3N3O2. The molecule has 1 saturated heterocycles. The van der Waals surface area contributed by atoms with Crippen LogP contribution in [0.4, 0.5) is 13.2 Å². The molecule has 130 valence electrons. The van der Waals surface area contributed by atoms with Gasteiger partial charge < -0.3 is 9.72 Å². The van der Waals surface area contributed by atoms with Gasteiger partial charge in [-0.15, -0.1) is 0 Å². The van der Waals surface area contributed by atoms with Crippen LogP contribution in [0.5, 0.6) is 0 Å². The molecular weight excluding hydrogens is 323 g/mol. The largest absolute Gasteiger partial charge is 0.416 e. The van der Waals surface area contributed by atoms with Crippen LogP contribution in [0.1, 0.15) is 25.2 Å². The Labute approximate surface area is 136 Å². The molecule has 2 atom stereocenters. The second-order valence-electron chi connectivity index (χ2n) is 6.19. The second kappa shape index (κ2) is 6.18. The molecule has 0 unspecified atom stereocenters. The van der Waals surface area contributed by atoms with Crippen molar-refractivity contribution in [3.05, 3.63) is 39.9 Å². The molecule has 2 heterocycles. The van der Waals surface area contributed by atoms with Crippen molar-refractivity contribution >= 4 is 10.9 Å². The number of H-pyrrole nitrogens is 1. The second-order valence-corrected chi connectivity index (χ2v) is 6.19. The number of hydrogen-bond donors (Lipinski definition) is 1. The summed E-state index contributed by atoms with van der Waals surface area (Å²) in [6.07, 6.45) is -4.36. The van der Waals surface area contributed by atoms with Crippen molar-refractivity contribution in [1.82, 2.24) is 14.9 Å². The molecule has 0 spiro atoms. The Kier molecular flexibility index (Phi) is 4.35. The van der Waals surface area contributed by atoms with E-state index in [2.05, 4.69) is 14.9 Å². The van der Waals surface area contributed by atoms with Crippen molar-refractivity contribution in [2.75, 3.05) is 13.1 Å². The summed E-state index contributed by atoms with van der Waals surface area (Å²) in [5.74, 6) is 0.355. The zero-order valence-electron chi connectivity index (χ0n) is 13.4. The Morgan fingerprint density at radius 3 is 2.58 bits per heavy atom. The fourth-order valence-electron chi connectivity index (χ4n) is 3.06. The zero-order chi connectivity index (χ0) is 17.5. The lowest BCUT2D eigenvalue weighted by molar-refractivity contribution is -0.137. The third-order valence-electron chi connectivity index (χ3n) is 3.95. The first kappa shape index (κ1) is 16.9. The molecule has 3 rings (SSSR count). The number of halogens is 3. The van der Waals surface area contributed by atoms with Crippen molar-refractivity contribution < 1.29 is 17.9 Å². The van der Waals surface area contributed by atoms with Gasteiger partial charge >= 0.3 is 6.18 Å². The Hall–Kier alpha value is -1.93. The summed E-state index contributed by atoms with van der Waals surface area (Å²) in [4.78, 5) is 21.0. The first-order valence-electron chi connectivity index (χ1n) is 7.70. The standard InChI is InChI=1S/C16H18F3N3O2/c1-9-6-22(7-10(2)24-9)8-14-20-13-5-11(16(17,18)19)3-4-12(13)15(23)21-14/h3-5,9-10H,6-8H2,1-2H3,(H,20,21,23)/t9-,10+. The molecule has 1 aliphatic heterocycles. The maximum Gasteiger partial charge on any atom is 0.416 e. The molecule has 8 heteroatoms. The quantitative estimate of drug-likeness (QED) is 0.912. The van der Waals surface area contributed by atoms with Crippen LogP contribution in [-0.2, 0) is 17.5 Å². The van der Waals surface area contributed by atoms with E-state index in [4.69, 9.17) is 4.74 Å². The average Bonchev–Trinajstić information content (AvgIpc) is 2.44. The van der Waals surface area contributed by atoms with Crippen LogP contribution in [0, 0.1) is 0 Å². The number of rotatable bonds is 2. The van der Waals surface area contributed by atoms with Gasteiger partial charge in [0.25, 0.3) is 5.56 Å². The minimum Gasteiger partial charge on any atom is -0.373 e. The van der Waals surface area contributed by atoms with E-state index in [1.54, 1.807) is 0 Å². The summed E-state index contributed by atoms with van der Waals surface area (Å²) in [6.45, 7) is 5.62. The molecule has 0 radical (unpaired) electrons. The number of alkyl halides is 3. The Balaban J connectivity index is 1.93. The zero-order valence-corrected chi connectivity index (χ0v) is 13.4. The smallest absolute Gasteiger partial charge is 0.373 e. The van der Waals surface area contributed by atoms with Crippen molar-refractivity contribution in [3.8, 4) is 0 Å². The fourth-order valence-corrected chi connectivity index (χ4v) is 3.06. The van der Waals surface area contributed by atoms with Gasteiger partial charge in [-0.25, -0.2) is 4.98 Å². The van der Waals surface area contributed by atoms with Crippen LogP contribution in [0.25, 0.3) is 10.9 Å². The van der Waals surface area contributed by atoms with E-state index in [1.165, 1.54) is 0 Å². The molecule has 1 N–H and O–H groups in total. The van der Waals surface area contributed by atoms with Gasteiger partial charge in [0, 0.05) is 13.1 Å². The average molecular weight is 341 g/mol. The molecule has 0 bridgehead atoms. The normalized spacial score (nSPS) is 22.9. The van der Waals surface area contributed by atoms with Gasteiger partial charge in [-0.3, -0.25) is 9.69 Å². The van der Waals surface area contributed by atoms with E-state index in [9.17, 15) is 18.0 Å². The summed E-state index contributed by atoms with van der Waals surface area (Å²) in [7, 11) is 0. The number of morpholine rings is 1. The first-order valence-corrected chi connectivity index (χ1v) is 7.70. The Morgan fingerprint density at radius 2 is 1.96 bits per heavy atom. The van der Waals surface area contributed by atoms with Crippen LogP contribution < -0.4 is 5.56 Å². The highest BCUT2D eigenvalue weighted by Gasteiger charge is 2.31. The van der Waals surface area contributed by atoms with Crippen LogP contribution in [0.2, 0.25) is 0 Å². The summed E-state index contributed by atoms with van der Waals surface area (Å²) < 4.78 is 44.2. The molecule has 0 aliphatic carbocycles. The molecule has 1 fully saturated rings. The van der Waals surface area contributed by atoms with Gasteiger partial charge in [0.15, 0.2) is 0 Å². The van der Waals surface area contributed by atoms with E-state index in [0.29, 0.717) is 25.5 Å². The lowest BCUT2D eigenvalue weighted by atomic mass is 10.1. The number of hydrogen-bond acceptors (Lipinski definition) is 4. The number of fused-ring (bicyclic) bond motifs is 1. The maximum atomic E-state index is 12.8. The number of aromatic nitrogens is 2. The van der Waals surface area contributed by atoms with Gasteiger partial charge in [0.05, 0.1) is 35.2 Å². The SMILES string of the molecule is C[C@@H]1CN(Cc2nc3cc(C(F)(F)F)ccc3c(=O)[nH]2)C[C@H](C)O1. The van der Waals surface area contributed by atoms with E-state index >= 15 is 0 Å². The van der Waals surface area contributed by atoms with E-state index < -0.39 is 17.3 Å². The van der Waals surface area contributed by atoms with Gasteiger partial charge in [0.1, 0.15) is 5.82 Å². The maximum absolute atomic E-state index is 12.8. The third kappa shape index (κ3) is 3.59. The summed E-state index contributed by atoms with van der Waals surface area (Å²) in [5.41, 5.74) is -1.19. The lowest BCUT2D eigenvalue weighted by Gasteiger charge is -2.34. The predicted molar refractivity (Wildman–Crippen MR) is 82.7 cm³/mol. The predicted octanol–water partition coefficient (Wildman–Crippen LogP) is 2.55. The Morgan fingerprint density at radius 1 is 1.29 bits per heavy atom. The van der Waals surface area contributed by atoms with Crippen LogP contribution in [0.15, 0.2) is 23.0 Å². The molecule has 2 aromatic rings.